The molecule has 3 aliphatic rings. The van der Waals surface area contributed by atoms with Crippen LogP contribution < -0.4 is 5.73 Å². The number of nitrogens with two attached hydrogens (primary N) is 1. The molecule has 0 amide bonds. The second-order valence-corrected chi connectivity index (χ2v) is 12.5. The van der Waals surface area contributed by atoms with Crippen molar-refractivity contribution < 1.29 is 110 Å². The third-order valence-corrected chi connectivity index (χ3v) is 7.85. The molecular formula is C20H36NO23PS. The molecule has 0 aromatic heterocycles. The van der Waals surface area contributed by atoms with Crippen LogP contribution in [0.25, 0.3) is 0 Å². The lowest BCUT2D eigenvalue weighted by atomic mass is 9.96. The van der Waals surface area contributed by atoms with Crippen molar-refractivity contribution in [3.63, 3.8) is 0 Å². The topological polar surface area (TPSA) is 391 Å². The molecule has 3 saturated heterocycles. The highest BCUT2D eigenvalue weighted by Crippen LogP contribution is 2.41. The average molecular weight is 722 g/mol. The van der Waals surface area contributed by atoms with Crippen LogP contribution in [0.1, 0.15) is 0 Å². The van der Waals surface area contributed by atoms with E-state index < -0.39 is 143 Å². The van der Waals surface area contributed by atoms with Crippen molar-refractivity contribution in [2.24, 2.45) is 5.73 Å². The third kappa shape index (κ3) is 10.2. The van der Waals surface area contributed by atoms with Gasteiger partial charge in [0, 0.05) is 0 Å². The van der Waals surface area contributed by atoms with Crippen molar-refractivity contribution in [1.29, 1.82) is 0 Å². The van der Waals surface area contributed by atoms with Crippen LogP contribution in [0.15, 0.2) is 0 Å². The van der Waals surface area contributed by atoms with Gasteiger partial charge in [-0.3, -0.25) is 13.9 Å². The van der Waals surface area contributed by atoms with Gasteiger partial charge >= 0.3 is 24.2 Å². The van der Waals surface area contributed by atoms with Crippen molar-refractivity contribution in [2.75, 3.05) is 26.4 Å². The minimum atomic E-state index is -5.37. The molecule has 3 aliphatic heterocycles. The first kappa shape index (κ1) is 39.3. The highest BCUT2D eigenvalue weighted by atomic mass is 32.3. The fraction of sp³-hybridized carbons (Fsp3) is 0.950. The summed E-state index contributed by atoms with van der Waals surface area (Å²) in [4.78, 5) is 29.6. The normalized spacial score (nSPS) is 41.6. The Bertz CT molecular complexity index is 1160. The van der Waals surface area contributed by atoms with E-state index in [9.17, 15) is 63.3 Å². The van der Waals surface area contributed by atoms with Gasteiger partial charge < -0.3 is 84.8 Å². The molecule has 3 fully saturated rings. The van der Waals surface area contributed by atoms with Crippen LogP contribution in [-0.2, 0) is 56.9 Å². The molecule has 0 aromatic rings. The van der Waals surface area contributed by atoms with E-state index in [1.807, 2.05) is 0 Å². The Kier molecular flexibility index (Phi) is 13.7. The highest BCUT2D eigenvalue weighted by molar-refractivity contribution is 7.80. The smallest absolute Gasteiger partial charge is 0.470 e. The maximum absolute atomic E-state index is 11.6. The number of carboxylic acids is 1. The molecule has 24 nitrogen and oxygen atoms in total. The number of phosphoric ester groups is 1. The molecule has 3 heterocycles. The van der Waals surface area contributed by atoms with E-state index in [1.165, 1.54) is 0 Å². The van der Waals surface area contributed by atoms with Gasteiger partial charge in [0.2, 0.25) is 0 Å². The zero-order valence-electron chi connectivity index (χ0n) is 23.2. The lowest BCUT2D eigenvalue weighted by Gasteiger charge is -2.47. The summed E-state index contributed by atoms with van der Waals surface area (Å²) in [6.07, 6.45) is -27.1. The summed E-state index contributed by atoms with van der Waals surface area (Å²) in [5.41, 5.74) is 5.34. The molecule has 0 radical (unpaired) electrons. The van der Waals surface area contributed by atoms with Gasteiger partial charge in [-0.05, 0) is 0 Å². The van der Waals surface area contributed by atoms with Crippen molar-refractivity contribution in [1.82, 2.24) is 0 Å². The predicted octanol–water partition coefficient (Wildman–Crippen LogP) is -7.55. The summed E-state index contributed by atoms with van der Waals surface area (Å²) in [5.74, 6) is -1.50. The number of ether oxygens (including phenoxy) is 6. The zero-order valence-corrected chi connectivity index (χ0v) is 25.0. The predicted molar refractivity (Wildman–Crippen MR) is 136 cm³/mol. The fourth-order valence-electron chi connectivity index (χ4n) is 4.53. The number of phosphoric acid groups is 1. The Labute approximate surface area is 258 Å². The minimum Gasteiger partial charge on any atom is -0.480 e. The van der Waals surface area contributed by atoms with Gasteiger partial charge in [0.25, 0.3) is 0 Å². The van der Waals surface area contributed by atoms with E-state index in [4.69, 9.17) is 43.8 Å². The SMILES string of the molecule is N[C@@H](CO[C@@H]1OC[C@@H](O[C@@H]2O[C@H](CO)[C@H](O)[C@H](O[C@@H]3O[C@H](COS(=O)(=O)O)[C@H](O)[C@H](O)[C@H]3O)[C@H]2O)[C@H](O)[C@H]1OP(=O)(O)O)C(=O)O. The second kappa shape index (κ2) is 16.1. The summed E-state index contributed by atoms with van der Waals surface area (Å²) < 4.78 is 82.7. The monoisotopic (exact) mass is 721 g/mol. The lowest BCUT2D eigenvalue weighted by molar-refractivity contribution is -0.372. The van der Waals surface area contributed by atoms with E-state index in [-0.39, 0.29) is 0 Å². The van der Waals surface area contributed by atoms with Crippen LogP contribution >= 0.6 is 7.82 Å². The van der Waals surface area contributed by atoms with E-state index in [0.29, 0.717) is 0 Å². The number of aliphatic hydroxyl groups excluding tert-OH is 7. The van der Waals surface area contributed by atoms with Gasteiger partial charge in [0.05, 0.1) is 26.4 Å². The summed E-state index contributed by atoms with van der Waals surface area (Å²) in [7, 11) is -10.4. The molecule has 13 N–H and O–H groups in total. The van der Waals surface area contributed by atoms with Crippen LogP contribution in [-0.4, -0.2) is 188 Å². The van der Waals surface area contributed by atoms with Crippen LogP contribution in [0, 0.1) is 0 Å². The quantitative estimate of drug-likeness (QED) is 0.0585. The Hall–Kier alpha value is -1.11. The minimum absolute atomic E-state index is 0.677. The molecular weight excluding hydrogens is 685 g/mol. The Morgan fingerprint density at radius 2 is 1.48 bits per heavy atom. The molecule has 0 saturated carbocycles. The summed E-state index contributed by atoms with van der Waals surface area (Å²) in [6, 6.07) is -1.60. The van der Waals surface area contributed by atoms with Gasteiger partial charge in [-0.15, -0.1) is 0 Å². The van der Waals surface area contributed by atoms with Crippen molar-refractivity contribution in [2.45, 2.75) is 92.1 Å². The third-order valence-electron chi connectivity index (χ3n) is 6.90. The Morgan fingerprint density at radius 1 is 0.870 bits per heavy atom. The molecule has 0 aliphatic carbocycles. The maximum atomic E-state index is 11.6. The molecule has 0 unspecified atom stereocenters. The molecule has 15 atom stereocenters. The van der Waals surface area contributed by atoms with Crippen LogP contribution in [0.3, 0.4) is 0 Å². The molecule has 0 bridgehead atoms. The van der Waals surface area contributed by atoms with E-state index in [0.717, 1.165) is 0 Å². The average Bonchev–Trinajstić information content (AvgIpc) is 2.95. The number of carbonyl (C=O) groups is 1. The van der Waals surface area contributed by atoms with Crippen molar-refractivity contribution in [3.8, 4) is 0 Å². The second-order valence-electron chi connectivity index (χ2n) is 10.2. The van der Waals surface area contributed by atoms with E-state index in [2.05, 4.69) is 8.71 Å². The van der Waals surface area contributed by atoms with E-state index >= 15 is 0 Å². The van der Waals surface area contributed by atoms with Crippen LogP contribution in [0.5, 0.6) is 0 Å². The molecule has 3 rings (SSSR count). The largest absolute Gasteiger partial charge is 0.480 e. The highest BCUT2D eigenvalue weighted by Gasteiger charge is 2.53. The van der Waals surface area contributed by atoms with E-state index in [1.54, 1.807) is 0 Å². The first-order chi connectivity index (χ1) is 21.2. The maximum Gasteiger partial charge on any atom is 0.470 e. The first-order valence-electron chi connectivity index (χ1n) is 13.1. The Balaban J connectivity index is 1.76. The molecule has 270 valence electrons. The Morgan fingerprint density at radius 3 is 2.04 bits per heavy atom. The zero-order chi connectivity index (χ0) is 34.7. The van der Waals surface area contributed by atoms with Crippen molar-refractivity contribution in [3.05, 3.63) is 0 Å². The lowest BCUT2D eigenvalue weighted by Crippen LogP contribution is -2.66. The molecule has 46 heavy (non-hydrogen) atoms. The number of rotatable bonds is 14. The first-order valence-corrected chi connectivity index (χ1v) is 16.0. The summed E-state index contributed by atoms with van der Waals surface area (Å²) in [5, 5.41) is 81.8. The van der Waals surface area contributed by atoms with Crippen molar-refractivity contribution >= 4 is 24.2 Å². The van der Waals surface area contributed by atoms with Gasteiger partial charge in [0.1, 0.15) is 73.2 Å². The van der Waals surface area contributed by atoms with Crippen LogP contribution in [0.2, 0.25) is 0 Å². The van der Waals surface area contributed by atoms with Gasteiger partial charge in [-0.25, -0.2) is 8.75 Å². The van der Waals surface area contributed by atoms with Gasteiger partial charge in [-0.1, -0.05) is 0 Å². The fourth-order valence-corrected chi connectivity index (χ4v) is 5.38. The number of hydrogen-bond acceptors (Lipinski definition) is 20. The number of hydrogen-bond donors (Lipinski definition) is 12. The standard InChI is InChI=1S/C20H36NO23PS/c21-5(17(29)30)2-37-20-16(44-45(31,32)33)11(25)7(3-38-20)41-19-14(28)15(10(24)6(1-22)40-19)43-18-13(27)12(26)9(23)8(42-18)4-39-46(34,35)36/h5-16,18-20,22-28H,1-4,21H2,(H,29,30)(H2,31,32,33)(H,34,35,36)/t5-,6+,7+,8+,9-,10-,11-,12-,13+,14+,15-,16+,18-,19-,20+/m0/s1. The summed E-state index contributed by atoms with van der Waals surface area (Å²) in [6.45, 7) is -3.47. The van der Waals surface area contributed by atoms with Crippen LogP contribution in [0.4, 0.5) is 0 Å². The van der Waals surface area contributed by atoms with Gasteiger partial charge in [0.15, 0.2) is 18.9 Å². The number of aliphatic carboxylic acids is 1. The molecule has 26 heteroatoms. The molecule has 0 spiro atoms. The number of aliphatic hydroxyl groups is 7. The molecule has 0 aromatic carbocycles. The number of carboxylic acid groups (broad SMARTS) is 1. The summed E-state index contributed by atoms with van der Waals surface area (Å²) >= 11 is 0. The van der Waals surface area contributed by atoms with Gasteiger partial charge in [-0.2, -0.15) is 8.42 Å².